The summed E-state index contributed by atoms with van der Waals surface area (Å²) in [5, 5.41) is 3.25. The van der Waals surface area contributed by atoms with Crippen LogP contribution in [0.5, 0.6) is 0 Å². The van der Waals surface area contributed by atoms with E-state index in [2.05, 4.69) is 11.9 Å². The van der Waals surface area contributed by atoms with E-state index < -0.39 is 10.0 Å². The molecule has 0 bridgehead atoms. The van der Waals surface area contributed by atoms with Crippen molar-refractivity contribution in [3.05, 3.63) is 41.5 Å². The molecule has 0 amide bonds. The summed E-state index contributed by atoms with van der Waals surface area (Å²) in [5.74, 6) is 0. The molecule has 0 saturated heterocycles. The number of benzene rings is 1. The predicted octanol–water partition coefficient (Wildman–Crippen LogP) is 2.61. The Bertz CT molecular complexity index is 595. The highest BCUT2D eigenvalue weighted by Crippen LogP contribution is 2.24. The van der Waals surface area contributed by atoms with Crippen molar-refractivity contribution >= 4 is 10.0 Å². The normalized spacial score (nSPS) is 11.9. The van der Waals surface area contributed by atoms with Crippen LogP contribution in [0.15, 0.2) is 29.7 Å². The van der Waals surface area contributed by atoms with Gasteiger partial charge in [-0.05, 0) is 43.1 Å². The number of likely N-dealkylation sites (N-methyl/N-ethyl adjacent to an activating group) is 1. The summed E-state index contributed by atoms with van der Waals surface area (Å²) in [5.41, 5.74) is 2.92. The molecule has 1 aromatic carbocycles. The molecule has 21 heavy (non-hydrogen) atoms. The first-order valence-electron chi connectivity index (χ1n) is 7.30. The number of hydrogen-bond acceptors (Lipinski definition) is 3. The molecule has 0 saturated carbocycles. The smallest absolute Gasteiger partial charge is 0.243 e. The summed E-state index contributed by atoms with van der Waals surface area (Å²) in [4.78, 5) is 0.393. The molecule has 0 aliphatic carbocycles. The largest absolute Gasteiger partial charge is 0.313 e. The molecular weight excluding hydrogens is 284 g/mol. The average Bonchev–Trinajstić information content (AvgIpc) is 2.43. The highest BCUT2D eigenvalue weighted by atomic mass is 32.2. The SMILES string of the molecule is C=CCN(CC)S(=O)(=O)c1cc(CNCC)c(C)cc1C. The van der Waals surface area contributed by atoms with E-state index in [-0.39, 0.29) is 0 Å². The van der Waals surface area contributed by atoms with Crippen LogP contribution in [-0.4, -0.2) is 32.4 Å². The van der Waals surface area contributed by atoms with Crippen molar-refractivity contribution in [3.8, 4) is 0 Å². The zero-order valence-corrected chi connectivity index (χ0v) is 14.3. The van der Waals surface area contributed by atoms with E-state index in [1.165, 1.54) is 4.31 Å². The quantitative estimate of drug-likeness (QED) is 0.751. The molecule has 1 rings (SSSR count). The molecule has 0 aromatic heterocycles. The Morgan fingerprint density at radius 3 is 2.43 bits per heavy atom. The number of rotatable bonds is 8. The first kappa shape index (κ1) is 17.9. The Kier molecular flexibility index (Phi) is 6.58. The number of hydrogen-bond donors (Lipinski definition) is 1. The summed E-state index contributed by atoms with van der Waals surface area (Å²) < 4.78 is 27.0. The van der Waals surface area contributed by atoms with Crippen LogP contribution >= 0.6 is 0 Å². The fraction of sp³-hybridized carbons (Fsp3) is 0.500. The zero-order valence-electron chi connectivity index (χ0n) is 13.4. The van der Waals surface area contributed by atoms with E-state index in [1.807, 2.05) is 33.8 Å². The van der Waals surface area contributed by atoms with Gasteiger partial charge in [-0.3, -0.25) is 0 Å². The third-order valence-electron chi connectivity index (χ3n) is 3.50. The first-order valence-corrected chi connectivity index (χ1v) is 8.74. The Labute approximate surface area is 128 Å². The number of nitrogens with zero attached hydrogens (tertiary/aromatic N) is 1. The second-order valence-electron chi connectivity index (χ2n) is 5.07. The molecule has 1 N–H and O–H groups in total. The van der Waals surface area contributed by atoms with Crippen LogP contribution in [0.2, 0.25) is 0 Å². The minimum absolute atomic E-state index is 0.328. The van der Waals surface area contributed by atoms with Crippen molar-refractivity contribution in [3.63, 3.8) is 0 Å². The van der Waals surface area contributed by atoms with E-state index in [0.29, 0.717) is 24.5 Å². The average molecular weight is 310 g/mol. The lowest BCUT2D eigenvalue weighted by atomic mass is 10.1. The molecule has 0 unspecified atom stereocenters. The van der Waals surface area contributed by atoms with Crippen molar-refractivity contribution in [2.75, 3.05) is 19.6 Å². The Morgan fingerprint density at radius 2 is 1.90 bits per heavy atom. The number of aryl methyl sites for hydroxylation is 2. The summed E-state index contributed by atoms with van der Waals surface area (Å²) in [6.07, 6.45) is 1.62. The maximum absolute atomic E-state index is 12.8. The van der Waals surface area contributed by atoms with Crippen molar-refractivity contribution in [2.24, 2.45) is 0 Å². The second-order valence-corrected chi connectivity index (χ2v) is 6.98. The van der Waals surface area contributed by atoms with E-state index in [4.69, 9.17) is 0 Å². The van der Waals surface area contributed by atoms with Gasteiger partial charge in [-0.25, -0.2) is 8.42 Å². The maximum atomic E-state index is 12.8. The van der Waals surface area contributed by atoms with Crippen LogP contribution in [0.25, 0.3) is 0 Å². The van der Waals surface area contributed by atoms with Gasteiger partial charge >= 0.3 is 0 Å². The van der Waals surface area contributed by atoms with Gasteiger partial charge in [-0.1, -0.05) is 26.0 Å². The molecule has 0 fully saturated rings. The molecule has 5 heteroatoms. The van der Waals surface area contributed by atoms with Gasteiger partial charge in [-0.15, -0.1) is 6.58 Å². The molecule has 0 radical (unpaired) electrons. The van der Waals surface area contributed by atoms with Crippen molar-refractivity contribution in [1.82, 2.24) is 9.62 Å². The molecule has 118 valence electrons. The van der Waals surface area contributed by atoms with Crippen LogP contribution in [0.1, 0.15) is 30.5 Å². The Morgan fingerprint density at radius 1 is 1.24 bits per heavy atom. The van der Waals surface area contributed by atoms with Crippen LogP contribution < -0.4 is 5.32 Å². The lowest BCUT2D eigenvalue weighted by molar-refractivity contribution is 0.459. The summed E-state index contributed by atoms with van der Waals surface area (Å²) in [6.45, 7) is 13.7. The third-order valence-corrected chi connectivity index (χ3v) is 5.58. The molecule has 0 aliphatic heterocycles. The lowest BCUT2D eigenvalue weighted by Gasteiger charge is -2.21. The third kappa shape index (κ3) is 4.15. The molecule has 4 nitrogen and oxygen atoms in total. The Balaban J connectivity index is 3.30. The van der Waals surface area contributed by atoms with E-state index in [1.54, 1.807) is 12.1 Å². The highest BCUT2D eigenvalue weighted by molar-refractivity contribution is 7.89. The van der Waals surface area contributed by atoms with Gasteiger partial charge in [0.15, 0.2) is 0 Å². The van der Waals surface area contributed by atoms with Gasteiger partial charge in [0.05, 0.1) is 4.90 Å². The first-order chi connectivity index (χ1) is 9.88. The minimum atomic E-state index is -3.47. The van der Waals surface area contributed by atoms with Crippen molar-refractivity contribution in [2.45, 2.75) is 39.1 Å². The van der Waals surface area contributed by atoms with Crippen molar-refractivity contribution in [1.29, 1.82) is 0 Å². The zero-order chi connectivity index (χ0) is 16.0. The van der Waals surface area contributed by atoms with Crippen LogP contribution in [0.4, 0.5) is 0 Å². The van der Waals surface area contributed by atoms with Gasteiger partial charge < -0.3 is 5.32 Å². The summed E-state index contributed by atoms with van der Waals surface area (Å²) in [7, 11) is -3.47. The van der Waals surface area contributed by atoms with E-state index in [9.17, 15) is 8.42 Å². The molecule has 0 aliphatic rings. The number of nitrogens with one attached hydrogen (secondary N) is 1. The fourth-order valence-electron chi connectivity index (χ4n) is 2.28. The Hall–Kier alpha value is -1.17. The van der Waals surface area contributed by atoms with Gasteiger partial charge in [0, 0.05) is 19.6 Å². The molecular formula is C16H26N2O2S. The topological polar surface area (TPSA) is 49.4 Å². The van der Waals surface area contributed by atoms with Gasteiger partial charge in [0.1, 0.15) is 0 Å². The number of sulfonamides is 1. The van der Waals surface area contributed by atoms with Gasteiger partial charge in [-0.2, -0.15) is 4.31 Å². The lowest BCUT2D eigenvalue weighted by Crippen LogP contribution is -2.31. The van der Waals surface area contributed by atoms with E-state index >= 15 is 0 Å². The van der Waals surface area contributed by atoms with Crippen LogP contribution in [-0.2, 0) is 16.6 Å². The standard InChI is InChI=1S/C16H26N2O2S/c1-6-9-18(8-3)21(19,20)16-11-15(12-17-7-2)13(4)10-14(16)5/h6,10-11,17H,1,7-9,12H2,2-5H3. The molecule has 0 spiro atoms. The predicted molar refractivity (Wildman–Crippen MR) is 87.9 cm³/mol. The summed E-state index contributed by atoms with van der Waals surface area (Å²) in [6, 6.07) is 3.75. The molecule has 0 atom stereocenters. The maximum Gasteiger partial charge on any atom is 0.243 e. The second kappa shape index (κ2) is 7.73. The monoisotopic (exact) mass is 310 g/mol. The van der Waals surface area contributed by atoms with Crippen LogP contribution in [0.3, 0.4) is 0 Å². The van der Waals surface area contributed by atoms with Crippen LogP contribution in [0, 0.1) is 13.8 Å². The molecule has 1 aromatic rings. The van der Waals surface area contributed by atoms with E-state index in [0.717, 1.165) is 23.2 Å². The van der Waals surface area contributed by atoms with Gasteiger partial charge in [0.25, 0.3) is 0 Å². The summed E-state index contributed by atoms with van der Waals surface area (Å²) >= 11 is 0. The molecule has 0 heterocycles. The fourth-order valence-corrected chi connectivity index (χ4v) is 3.96. The minimum Gasteiger partial charge on any atom is -0.313 e. The highest BCUT2D eigenvalue weighted by Gasteiger charge is 2.24. The van der Waals surface area contributed by atoms with Gasteiger partial charge in [0.2, 0.25) is 10.0 Å². The van der Waals surface area contributed by atoms with Crippen molar-refractivity contribution < 1.29 is 8.42 Å².